The van der Waals surface area contributed by atoms with Gasteiger partial charge in [0.05, 0.1) is 23.0 Å². The van der Waals surface area contributed by atoms with Crippen molar-refractivity contribution in [3.05, 3.63) is 35.4 Å². The molecule has 0 amide bonds. The maximum atomic E-state index is 12.3. The molecule has 166 valence electrons. The molecular formula is C20H26O10. The van der Waals surface area contributed by atoms with Crippen molar-refractivity contribution < 1.29 is 48.7 Å². The first-order chi connectivity index (χ1) is 14.1. The van der Waals surface area contributed by atoms with Gasteiger partial charge in [0.15, 0.2) is 6.29 Å². The first kappa shape index (κ1) is 25.1. The third kappa shape index (κ3) is 7.80. The van der Waals surface area contributed by atoms with E-state index >= 15 is 0 Å². The van der Waals surface area contributed by atoms with Gasteiger partial charge >= 0.3 is 23.9 Å². The van der Waals surface area contributed by atoms with Gasteiger partial charge in [0.25, 0.3) is 0 Å². The fourth-order valence-corrected chi connectivity index (χ4v) is 2.23. The fourth-order valence-electron chi connectivity index (χ4n) is 2.23. The van der Waals surface area contributed by atoms with Crippen LogP contribution < -0.4 is 0 Å². The lowest BCUT2D eigenvalue weighted by Crippen LogP contribution is -2.35. The van der Waals surface area contributed by atoms with Gasteiger partial charge in [-0.15, -0.1) is 0 Å². The number of carboxylic acids is 1. The van der Waals surface area contributed by atoms with Crippen LogP contribution in [0, 0.1) is 5.41 Å². The van der Waals surface area contributed by atoms with Crippen LogP contribution in [0.3, 0.4) is 0 Å². The quantitative estimate of drug-likeness (QED) is 0.192. The summed E-state index contributed by atoms with van der Waals surface area (Å²) in [5, 5.41) is 26.6. The number of ether oxygens (including phenoxy) is 3. The Bertz CT molecular complexity index is 758. The summed E-state index contributed by atoms with van der Waals surface area (Å²) >= 11 is 0. The average molecular weight is 426 g/mol. The molecule has 0 aliphatic rings. The molecule has 1 rings (SSSR count). The number of hydrogen-bond acceptors (Lipinski definition) is 9. The van der Waals surface area contributed by atoms with Crippen LogP contribution in [0.15, 0.2) is 24.3 Å². The Hall–Kier alpha value is -2.98. The first-order valence-corrected chi connectivity index (χ1v) is 9.29. The lowest BCUT2D eigenvalue weighted by molar-refractivity contribution is -0.164. The highest BCUT2D eigenvalue weighted by Gasteiger charge is 2.35. The molecule has 0 aliphatic carbocycles. The second kappa shape index (κ2) is 11.9. The van der Waals surface area contributed by atoms with E-state index in [1.165, 1.54) is 24.3 Å². The molecule has 0 radical (unpaired) electrons. The van der Waals surface area contributed by atoms with E-state index in [-0.39, 0.29) is 43.8 Å². The van der Waals surface area contributed by atoms with Gasteiger partial charge in [0.2, 0.25) is 0 Å². The summed E-state index contributed by atoms with van der Waals surface area (Å²) in [4.78, 5) is 47.1. The fraction of sp³-hybridized carbons (Fsp3) is 0.500. The molecule has 0 heterocycles. The molecule has 10 nitrogen and oxygen atoms in total. The van der Waals surface area contributed by atoms with Crippen molar-refractivity contribution in [2.45, 2.75) is 39.4 Å². The molecule has 1 unspecified atom stereocenters. The second-order valence-electron chi connectivity index (χ2n) is 6.72. The van der Waals surface area contributed by atoms with Crippen molar-refractivity contribution in [1.82, 2.24) is 0 Å². The Kier molecular flexibility index (Phi) is 9.93. The molecule has 3 N–H and O–H groups in total. The highest BCUT2D eigenvalue weighted by atomic mass is 16.6. The molecule has 1 atom stereocenters. The summed E-state index contributed by atoms with van der Waals surface area (Å²) in [7, 11) is 0. The number of benzene rings is 1. The van der Waals surface area contributed by atoms with Crippen LogP contribution in [-0.2, 0) is 23.8 Å². The number of aromatic carboxylic acids is 1. The molecule has 0 spiro atoms. The molecule has 10 heteroatoms. The van der Waals surface area contributed by atoms with Crippen LogP contribution in [0.4, 0.5) is 0 Å². The van der Waals surface area contributed by atoms with Crippen molar-refractivity contribution in [3.63, 3.8) is 0 Å². The standard InChI is InChI=1S/C20H26O10/c1-3-20(2,12-30-16(23)9-8-15(21)22)19(27)29-11-10-28-18(26)14-7-5-4-6-13(14)17(24)25/h4-7,15,21-22H,3,8-12H2,1-2H3,(H,24,25). The molecule has 0 saturated heterocycles. The Morgan fingerprint density at radius 1 is 1.00 bits per heavy atom. The zero-order valence-corrected chi connectivity index (χ0v) is 16.8. The lowest BCUT2D eigenvalue weighted by atomic mass is 9.89. The minimum absolute atomic E-state index is 0.116. The van der Waals surface area contributed by atoms with Gasteiger partial charge in [-0.05, 0) is 25.5 Å². The van der Waals surface area contributed by atoms with E-state index in [2.05, 4.69) is 0 Å². The van der Waals surface area contributed by atoms with Crippen molar-refractivity contribution in [3.8, 4) is 0 Å². The molecule has 1 aromatic rings. The van der Waals surface area contributed by atoms with Crippen LogP contribution in [0.5, 0.6) is 0 Å². The van der Waals surface area contributed by atoms with Crippen LogP contribution in [-0.4, -0.2) is 65.3 Å². The smallest absolute Gasteiger partial charge is 0.339 e. The van der Waals surface area contributed by atoms with Crippen molar-refractivity contribution in [2.75, 3.05) is 19.8 Å². The zero-order valence-electron chi connectivity index (χ0n) is 16.8. The van der Waals surface area contributed by atoms with Crippen molar-refractivity contribution in [1.29, 1.82) is 0 Å². The number of carbonyl (C=O) groups is 4. The van der Waals surface area contributed by atoms with Gasteiger partial charge in [-0.25, -0.2) is 9.59 Å². The monoisotopic (exact) mass is 426 g/mol. The number of esters is 3. The van der Waals surface area contributed by atoms with Gasteiger partial charge in [0, 0.05) is 6.42 Å². The Labute approximate surface area is 173 Å². The Morgan fingerprint density at radius 2 is 1.60 bits per heavy atom. The van der Waals surface area contributed by atoms with Gasteiger partial charge in [-0.3, -0.25) is 9.59 Å². The molecule has 0 bridgehead atoms. The third-order valence-corrected chi connectivity index (χ3v) is 4.36. The molecule has 0 aromatic heterocycles. The molecule has 0 saturated carbocycles. The Balaban J connectivity index is 2.49. The highest BCUT2D eigenvalue weighted by molar-refractivity contribution is 6.02. The Morgan fingerprint density at radius 3 is 2.17 bits per heavy atom. The highest BCUT2D eigenvalue weighted by Crippen LogP contribution is 2.24. The van der Waals surface area contributed by atoms with Crippen LogP contribution in [0.2, 0.25) is 0 Å². The normalized spacial score (nSPS) is 12.7. The predicted molar refractivity (Wildman–Crippen MR) is 101 cm³/mol. The number of hydrogen-bond donors (Lipinski definition) is 3. The summed E-state index contributed by atoms with van der Waals surface area (Å²) in [5.41, 5.74) is -1.45. The van der Waals surface area contributed by atoms with E-state index in [0.717, 1.165) is 0 Å². The summed E-state index contributed by atoms with van der Waals surface area (Å²) in [6.07, 6.45) is -1.71. The van der Waals surface area contributed by atoms with E-state index in [0.29, 0.717) is 6.42 Å². The van der Waals surface area contributed by atoms with Gasteiger partial charge in [-0.1, -0.05) is 19.1 Å². The minimum Gasteiger partial charge on any atom is -0.478 e. The van der Waals surface area contributed by atoms with Gasteiger partial charge in [-0.2, -0.15) is 0 Å². The van der Waals surface area contributed by atoms with Gasteiger partial charge < -0.3 is 29.5 Å². The second-order valence-corrected chi connectivity index (χ2v) is 6.72. The molecular weight excluding hydrogens is 400 g/mol. The van der Waals surface area contributed by atoms with Crippen LogP contribution in [0.25, 0.3) is 0 Å². The molecule has 0 fully saturated rings. The zero-order chi connectivity index (χ0) is 22.7. The van der Waals surface area contributed by atoms with Crippen LogP contribution >= 0.6 is 0 Å². The van der Waals surface area contributed by atoms with E-state index < -0.39 is 35.6 Å². The van der Waals surface area contributed by atoms with Crippen molar-refractivity contribution >= 4 is 23.9 Å². The number of carboxylic acid groups (broad SMARTS) is 1. The van der Waals surface area contributed by atoms with Gasteiger partial charge in [0.1, 0.15) is 19.8 Å². The molecule has 0 aliphatic heterocycles. The maximum absolute atomic E-state index is 12.3. The van der Waals surface area contributed by atoms with Crippen molar-refractivity contribution in [2.24, 2.45) is 5.41 Å². The largest absolute Gasteiger partial charge is 0.478 e. The number of aliphatic hydroxyl groups is 2. The summed E-state index contributed by atoms with van der Waals surface area (Å²) in [6.45, 7) is 2.44. The topological polar surface area (TPSA) is 157 Å². The molecule has 30 heavy (non-hydrogen) atoms. The number of carbonyl (C=O) groups excluding carboxylic acids is 3. The van der Waals surface area contributed by atoms with E-state index in [4.69, 9.17) is 29.5 Å². The predicted octanol–water partition coefficient (Wildman–Crippen LogP) is 1.14. The SMILES string of the molecule is CCC(C)(COC(=O)CCC(O)O)C(=O)OCCOC(=O)c1ccccc1C(=O)O. The van der Waals surface area contributed by atoms with E-state index in [1.54, 1.807) is 13.8 Å². The summed E-state index contributed by atoms with van der Waals surface area (Å²) in [5.74, 6) is -3.47. The van der Waals surface area contributed by atoms with E-state index in [1.807, 2.05) is 0 Å². The third-order valence-electron chi connectivity index (χ3n) is 4.36. The first-order valence-electron chi connectivity index (χ1n) is 9.29. The molecule has 1 aromatic carbocycles. The van der Waals surface area contributed by atoms with E-state index in [9.17, 15) is 19.2 Å². The maximum Gasteiger partial charge on any atom is 0.339 e. The van der Waals surface area contributed by atoms with Crippen LogP contribution in [0.1, 0.15) is 53.8 Å². The summed E-state index contributed by atoms with van der Waals surface area (Å²) < 4.78 is 15.0. The average Bonchev–Trinajstić information content (AvgIpc) is 2.72. The number of aliphatic hydroxyl groups excluding tert-OH is 1. The lowest BCUT2D eigenvalue weighted by Gasteiger charge is -2.25. The number of rotatable bonds is 12. The summed E-state index contributed by atoms with van der Waals surface area (Å²) in [6, 6.07) is 5.56. The minimum atomic E-state index is -1.62.